The number of hydrogen-bond donors (Lipinski definition) is 3. The molecule has 1 aromatic rings. The van der Waals surface area contributed by atoms with Gasteiger partial charge >= 0.3 is 0 Å². The molecule has 0 radical (unpaired) electrons. The molecule has 3 N–H and O–H groups in total. The van der Waals surface area contributed by atoms with Crippen molar-refractivity contribution in [2.24, 2.45) is 5.92 Å². The third-order valence-corrected chi connectivity index (χ3v) is 4.12. The first kappa shape index (κ1) is 17.4. The fourth-order valence-electron chi connectivity index (χ4n) is 2.85. The molecule has 1 heterocycles. The van der Waals surface area contributed by atoms with Gasteiger partial charge in [-0.25, -0.2) is 4.39 Å². The number of nitrogens with one attached hydrogen (secondary N) is 2. The number of fused-ring (bicyclic) bond motifs is 1. The van der Waals surface area contributed by atoms with Gasteiger partial charge in [0.15, 0.2) is 0 Å². The summed E-state index contributed by atoms with van der Waals surface area (Å²) < 4.78 is 14.1. The number of rotatable bonds is 7. The van der Waals surface area contributed by atoms with E-state index in [1.807, 2.05) is 6.92 Å². The molecule has 0 spiro atoms. The Balaban J connectivity index is 2.06. The topological polar surface area (TPSA) is 78.4 Å². The monoisotopic (exact) mass is 322 g/mol. The quantitative estimate of drug-likeness (QED) is 0.720. The van der Waals surface area contributed by atoms with Gasteiger partial charge < -0.3 is 15.7 Å². The zero-order chi connectivity index (χ0) is 16.8. The number of aryl methyl sites for hydroxylation is 1. The summed E-state index contributed by atoms with van der Waals surface area (Å²) in [5, 5.41) is 14.4. The van der Waals surface area contributed by atoms with Gasteiger partial charge in [-0.15, -0.1) is 0 Å². The lowest BCUT2D eigenvalue weighted by molar-refractivity contribution is -0.116. The molecule has 1 unspecified atom stereocenters. The molecular formula is C17H23FN2O3. The summed E-state index contributed by atoms with van der Waals surface area (Å²) in [7, 11) is 0. The normalized spacial score (nSPS) is 14.8. The second-order valence-electron chi connectivity index (χ2n) is 5.91. The molecule has 1 aromatic carbocycles. The third kappa shape index (κ3) is 4.51. The number of aliphatic hydroxyl groups is 1. The SMILES string of the molecule is CCCC(CCO)CNC(=O)c1cc2c(cc1F)NC(=O)CC2. The Kier molecular flexibility index (Phi) is 6.10. The molecule has 1 atom stereocenters. The number of carbonyl (C=O) groups is 2. The molecule has 0 saturated carbocycles. The predicted octanol–water partition coefficient (Wildman–Crippen LogP) is 2.24. The fourth-order valence-corrected chi connectivity index (χ4v) is 2.85. The first-order valence-corrected chi connectivity index (χ1v) is 8.06. The molecule has 0 aromatic heterocycles. The van der Waals surface area contributed by atoms with Gasteiger partial charge in [0, 0.05) is 25.3 Å². The lowest BCUT2D eigenvalue weighted by atomic mass is 9.98. The second-order valence-corrected chi connectivity index (χ2v) is 5.91. The molecule has 1 aliphatic heterocycles. The Morgan fingerprint density at radius 2 is 2.17 bits per heavy atom. The van der Waals surface area contributed by atoms with E-state index in [2.05, 4.69) is 10.6 Å². The molecule has 0 fully saturated rings. The first-order chi connectivity index (χ1) is 11.0. The van der Waals surface area contributed by atoms with Gasteiger partial charge in [0.1, 0.15) is 5.82 Å². The van der Waals surface area contributed by atoms with Gasteiger partial charge in [-0.1, -0.05) is 13.3 Å². The molecule has 126 valence electrons. The standard InChI is InChI=1S/C17H23FN2O3/c1-2-3-11(6-7-21)10-19-17(23)13-8-12-4-5-16(22)20-15(12)9-14(13)18/h8-9,11,21H,2-7,10H2,1H3,(H,19,23)(H,20,22). The van der Waals surface area contributed by atoms with Crippen LogP contribution in [0.15, 0.2) is 12.1 Å². The largest absolute Gasteiger partial charge is 0.396 e. The first-order valence-electron chi connectivity index (χ1n) is 8.06. The van der Waals surface area contributed by atoms with E-state index in [1.165, 1.54) is 12.1 Å². The minimum Gasteiger partial charge on any atom is -0.396 e. The zero-order valence-corrected chi connectivity index (χ0v) is 13.3. The molecule has 6 heteroatoms. The van der Waals surface area contributed by atoms with E-state index in [4.69, 9.17) is 5.11 Å². The van der Waals surface area contributed by atoms with E-state index in [-0.39, 0.29) is 24.0 Å². The molecule has 0 saturated heterocycles. The molecule has 0 bridgehead atoms. The average molecular weight is 322 g/mol. The molecule has 0 aliphatic carbocycles. The number of aliphatic hydroxyl groups excluding tert-OH is 1. The highest BCUT2D eigenvalue weighted by molar-refractivity contribution is 5.98. The molecule has 2 rings (SSSR count). The van der Waals surface area contributed by atoms with Crippen molar-refractivity contribution < 1.29 is 19.1 Å². The number of amides is 2. The maximum atomic E-state index is 14.1. The Hall–Kier alpha value is -1.95. The van der Waals surface area contributed by atoms with Crippen molar-refractivity contribution in [3.63, 3.8) is 0 Å². The molecule has 1 aliphatic rings. The van der Waals surface area contributed by atoms with Crippen LogP contribution in [0.2, 0.25) is 0 Å². The molecule has 5 nitrogen and oxygen atoms in total. The highest BCUT2D eigenvalue weighted by atomic mass is 19.1. The van der Waals surface area contributed by atoms with Crippen LogP contribution >= 0.6 is 0 Å². The number of benzene rings is 1. The third-order valence-electron chi connectivity index (χ3n) is 4.12. The van der Waals surface area contributed by atoms with Gasteiger partial charge in [0.2, 0.25) is 5.91 Å². The number of hydrogen-bond acceptors (Lipinski definition) is 3. The highest BCUT2D eigenvalue weighted by Gasteiger charge is 2.21. The highest BCUT2D eigenvalue weighted by Crippen LogP contribution is 2.26. The Bertz CT molecular complexity index is 583. The van der Waals surface area contributed by atoms with Crippen LogP contribution in [0, 0.1) is 11.7 Å². The number of halogens is 1. The van der Waals surface area contributed by atoms with Crippen molar-refractivity contribution in [1.29, 1.82) is 0 Å². The van der Waals surface area contributed by atoms with Crippen LogP contribution in [0.4, 0.5) is 10.1 Å². The van der Waals surface area contributed by atoms with Gasteiger partial charge in [0.25, 0.3) is 5.91 Å². The summed E-state index contributed by atoms with van der Waals surface area (Å²) in [4.78, 5) is 23.6. The zero-order valence-electron chi connectivity index (χ0n) is 13.3. The summed E-state index contributed by atoms with van der Waals surface area (Å²) in [5.41, 5.74) is 1.22. The number of anilines is 1. The van der Waals surface area contributed by atoms with Crippen LogP contribution < -0.4 is 10.6 Å². The van der Waals surface area contributed by atoms with E-state index in [1.54, 1.807) is 0 Å². The van der Waals surface area contributed by atoms with Crippen LogP contribution in [0.1, 0.15) is 48.5 Å². The van der Waals surface area contributed by atoms with E-state index >= 15 is 0 Å². The van der Waals surface area contributed by atoms with Crippen molar-refractivity contribution in [3.05, 3.63) is 29.1 Å². The van der Waals surface area contributed by atoms with Crippen molar-refractivity contribution >= 4 is 17.5 Å². The van der Waals surface area contributed by atoms with E-state index < -0.39 is 11.7 Å². The smallest absolute Gasteiger partial charge is 0.254 e. The Morgan fingerprint density at radius 3 is 2.87 bits per heavy atom. The van der Waals surface area contributed by atoms with Crippen molar-refractivity contribution in [1.82, 2.24) is 5.32 Å². The number of carbonyl (C=O) groups excluding carboxylic acids is 2. The Labute approximate surface area is 135 Å². The lowest BCUT2D eigenvalue weighted by Crippen LogP contribution is -2.31. The summed E-state index contributed by atoms with van der Waals surface area (Å²) in [6.07, 6.45) is 3.33. The van der Waals surface area contributed by atoms with Gasteiger partial charge in [0.05, 0.1) is 5.56 Å². The summed E-state index contributed by atoms with van der Waals surface area (Å²) in [5.74, 6) is -1.05. The van der Waals surface area contributed by atoms with Crippen molar-refractivity contribution in [2.45, 2.75) is 39.0 Å². The summed E-state index contributed by atoms with van der Waals surface area (Å²) in [6.45, 7) is 2.54. The van der Waals surface area contributed by atoms with E-state index in [0.717, 1.165) is 18.4 Å². The minimum absolute atomic E-state index is 0.000791. The Morgan fingerprint density at radius 1 is 1.39 bits per heavy atom. The predicted molar refractivity (Wildman–Crippen MR) is 85.8 cm³/mol. The van der Waals surface area contributed by atoms with Gasteiger partial charge in [-0.3, -0.25) is 9.59 Å². The van der Waals surface area contributed by atoms with Crippen molar-refractivity contribution in [3.8, 4) is 0 Å². The van der Waals surface area contributed by atoms with Crippen LogP contribution in [0.25, 0.3) is 0 Å². The second kappa shape index (κ2) is 8.06. The van der Waals surface area contributed by atoms with Crippen LogP contribution in [0.3, 0.4) is 0 Å². The van der Waals surface area contributed by atoms with Crippen LogP contribution in [-0.2, 0) is 11.2 Å². The minimum atomic E-state index is -0.641. The molecule has 2 amide bonds. The molecule has 23 heavy (non-hydrogen) atoms. The van der Waals surface area contributed by atoms with Crippen LogP contribution in [0.5, 0.6) is 0 Å². The summed E-state index contributed by atoms with van der Waals surface area (Å²) in [6, 6.07) is 2.72. The lowest BCUT2D eigenvalue weighted by Gasteiger charge is -2.19. The van der Waals surface area contributed by atoms with Gasteiger partial charge in [-0.2, -0.15) is 0 Å². The van der Waals surface area contributed by atoms with E-state index in [0.29, 0.717) is 31.5 Å². The van der Waals surface area contributed by atoms with E-state index in [9.17, 15) is 14.0 Å². The summed E-state index contributed by atoms with van der Waals surface area (Å²) >= 11 is 0. The molecular weight excluding hydrogens is 299 g/mol. The van der Waals surface area contributed by atoms with Crippen LogP contribution in [-0.4, -0.2) is 30.1 Å². The average Bonchev–Trinajstić information content (AvgIpc) is 2.52. The fraction of sp³-hybridized carbons (Fsp3) is 0.529. The van der Waals surface area contributed by atoms with Gasteiger partial charge in [-0.05, 0) is 42.9 Å². The van der Waals surface area contributed by atoms with Crippen molar-refractivity contribution in [2.75, 3.05) is 18.5 Å². The maximum Gasteiger partial charge on any atom is 0.254 e. The maximum absolute atomic E-state index is 14.1.